The largest absolute Gasteiger partial charge is 0.289 e. The summed E-state index contributed by atoms with van der Waals surface area (Å²) in [6.45, 7) is 0. The molecule has 0 saturated carbocycles. The van der Waals surface area contributed by atoms with Gasteiger partial charge in [0.1, 0.15) is 5.82 Å². The van der Waals surface area contributed by atoms with Crippen LogP contribution in [0.15, 0.2) is 34.3 Å². The van der Waals surface area contributed by atoms with Gasteiger partial charge in [0.2, 0.25) is 0 Å². The zero-order valence-corrected chi connectivity index (χ0v) is 10.4. The molecule has 0 spiro atoms. The van der Waals surface area contributed by atoms with Crippen LogP contribution in [-0.4, -0.2) is 5.78 Å². The van der Waals surface area contributed by atoms with Crippen molar-refractivity contribution in [1.29, 1.82) is 0 Å². The number of halogens is 2. The third-order valence-corrected chi connectivity index (χ3v) is 3.37. The molecule has 1 aliphatic carbocycles. The van der Waals surface area contributed by atoms with Crippen molar-refractivity contribution < 1.29 is 9.18 Å². The molecule has 0 bridgehead atoms. The highest BCUT2D eigenvalue weighted by Gasteiger charge is 2.15. The number of hydrogen-bond donors (Lipinski definition) is 0. The molecule has 0 amide bonds. The molecule has 0 radical (unpaired) electrons. The van der Waals surface area contributed by atoms with E-state index < -0.39 is 0 Å². The van der Waals surface area contributed by atoms with Crippen LogP contribution in [-0.2, 0) is 0 Å². The first-order valence-electron chi connectivity index (χ1n) is 5.37. The van der Waals surface area contributed by atoms with Gasteiger partial charge in [-0.2, -0.15) is 0 Å². The maximum absolute atomic E-state index is 13.0. The molecule has 0 aromatic heterocycles. The fourth-order valence-corrected chi connectivity index (χ4v) is 2.25. The van der Waals surface area contributed by atoms with E-state index in [4.69, 9.17) is 0 Å². The molecule has 3 heteroatoms. The van der Waals surface area contributed by atoms with Gasteiger partial charge in [-0.15, -0.1) is 0 Å². The molecule has 0 N–H and O–H groups in total. The lowest BCUT2D eigenvalue weighted by molar-refractivity contribution is 0.102. The number of allylic oxidation sites excluding steroid dienone is 2. The number of carbonyl (C=O) groups is 1. The summed E-state index contributed by atoms with van der Waals surface area (Å²) in [5, 5.41) is 0. The second kappa shape index (κ2) is 4.91. The van der Waals surface area contributed by atoms with Gasteiger partial charge in [0.05, 0.1) is 4.47 Å². The molecule has 1 aromatic carbocycles. The maximum atomic E-state index is 13.0. The minimum absolute atomic E-state index is 0.0281. The Morgan fingerprint density at radius 2 is 2.12 bits per heavy atom. The second-order valence-corrected chi connectivity index (χ2v) is 4.79. The molecule has 0 fully saturated rings. The molecular weight excluding hydrogens is 271 g/mol. The molecular formula is C13H12BrFO. The molecule has 0 saturated heterocycles. The fraction of sp³-hybridized carbons (Fsp3) is 0.308. The van der Waals surface area contributed by atoms with Crippen molar-refractivity contribution in [3.8, 4) is 0 Å². The average molecular weight is 283 g/mol. The van der Waals surface area contributed by atoms with E-state index in [0.717, 1.165) is 31.3 Å². The van der Waals surface area contributed by atoms with Gasteiger partial charge in [-0.05, 0) is 65.4 Å². The van der Waals surface area contributed by atoms with Gasteiger partial charge >= 0.3 is 0 Å². The molecule has 1 aliphatic rings. The predicted octanol–water partition coefficient (Wildman–Crippen LogP) is 4.27. The van der Waals surface area contributed by atoms with E-state index in [9.17, 15) is 9.18 Å². The van der Waals surface area contributed by atoms with Gasteiger partial charge in [-0.1, -0.05) is 6.08 Å². The average Bonchev–Trinajstić information content (AvgIpc) is 2.33. The predicted molar refractivity (Wildman–Crippen MR) is 65.0 cm³/mol. The zero-order valence-electron chi connectivity index (χ0n) is 8.80. The normalized spacial score (nSPS) is 15.8. The van der Waals surface area contributed by atoms with Crippen LogP contribution in [0.1, 0.15) is 36.0 Å². The van der Waals surface area contributed by atoms with Gasteiger partial charge in [0.15, 0.2) is 5.78 Å². The number of hydrogen-bond acceptors (Lipinski definition) is 1. The molecule has 16 heavy (non-hydrogen) atoms. The van der Waals surface area contributed by atoms with Gasteiger partial charge in [0, 0.05) is 5.56 Å². The topological polar surface area (TPSA) is 17.1 Å². The molecule has 2 rings (SSSR count). The third-order valence-electron chi connectivity index (χ3n) is 2.76. The monoisotopic (exact) mass is 282 g/mol. The van der Waals surface area contributed by atoms with E-state index in [0.29, 0.717) is 10.0 Å². The van der Waals surface area contributed by atoms with Gasteiger partial charge in [-0.3, -0.25) is 4.79 Å². The minimum atomic E-state index is -0.339. The van der Waals surface area contributed by atoms with Crippen molar-refractivity contribution in [3.63, 3.8) is 0 Å². The quantitative estimate of drug-likeness (QED) is 0.741. The number of rotatable bonds is 2. The Morgan fingerprint density at radius 3 is 2.75 bits per heavy atom. The van der Waals surface area contributed by atoms with E-state index in [1.54, 1.807) is 6.07 Å². The Balaban J connectivity index is 2.26. The maximum Gasteiger partial charge on any atom is 0.188 e. The standard InChI is InChI=1S/C13H12BrFO/c14-11-8-10(6-7-12(11)15)13(16)9-4-2-1-3-5-9/h4,6-8H,1-3,5H2. The summed E-state index contributed by atoms with van der Waals surface area (Å²) in [5.74, 6) is -0.311. The van der Waals surface area contributed by atoms with Crippen LogP contribution < -0.4 is 0 Å². The van der Waals surface area contributed by atoms with E-state index in [1.165, 1.54) is 12.1 Å². The van der Waals surface area contributed by atoms with Crippen LogP contribution in [0.4, 0.5) is 4.39 Å². The van der Waals surface area contributed by atoms with Crippen molar-refractivity contribution in [2.24, 2.45) is 0 Å². The van der Waals surface area contributed by atoms with E-state index >= 15 is 0 Å². The number of carbonyl (C=O) groups excluding carboxylic acids is 1. The van der Waals surface area contributed by atoms with E-state index in [-0.39, 0.29) is 11.6 Å². The highest BCUT2D eigenvalue weighted by molar-refractivity contribution is 9.10. The molecule has 1 aromatic rings. The molecule has 84 valence electrons. The van der Waals surface area contributed by atoms with Gasteiger partial charge < -0.3 is 0 Å². The summed E-state index contributed by atoms with van der Waals surface area (Å²) in [4.78, 5) is 12.1. The fourth-order valence-electron chi connectivity index (χ4n) is 1.87. The lowest BCUT2D eigenvalue weighted by Crippen LogP contribution is -2.06. The molecule has 0 unspecified atom stereocenters. The van der Waals surface area contributed by atoms with Crippen LogP contribution in [0.3, 0.4) is 0 Å². The summed E-state index contributed by atoms with van der Waals surface area (Å²) in [6.07, 6.45) is 6.05. The Kier molecular flexibility index (Phi) is 3.54. The van der Waals surface area contributed by atoms with Crippen LogP contribution in [0, 0.1) is 5.82 Å². The smallest absolute Gasteiger partial charge is 0.188 e. The van der Waals surface area contributed by atoms with Crippen molar-refractivity contribution >= 4 is 21.7 Å². The Hall–Kier alpha value is -0.960. The van der Waals surface area contributed by atoms with E-state index in [2.05, 4.69) is 15.9 Å². The Bertz CT molecular complexity index is 451. The summed E-state index contributed by atoms with van der Waals surface area (Å²) in [5.41, 5.74) is 1.42. The number of benzene rings is 1. The van der Waals surface area contributed by atoms with Crippen molar-refractivity contribution in [2.45, 2.75) is 25.7 Å². The van der Waals surface area contributed by atoms with Gasteiger partial charge in [-0.25, -0.2) is 4.39 Å². The molecule has 0 atom stereocenters. The summed E-state index contributed by atoms with van der Waals surface area (Å²) in [6, 6.07) is 4.41. The van der Waals surface area contributed by atoms with Crippen molar-refractivity contribution in [3.05, 3.63) is 45.7 Å². The lowest BCUT2D eigenvalue weighted by atomic mass is 9.93. The molecule has 1 nitrogen and oxygen atoms in total. The van der Waals surface area contributed by atoms with Crippen molar-refractivity contribution in [1.82, 2.24) is 0 Å². The molecule has 0 aliphatic heterocycles. The number of Topliss-reactive ketones (excluding diaryl/α,β-unsaturated/α-hetero) is 1. The molecule has 0 heterocycles. The second-order valence-electron chi connectivity index (χ2n) is 3.93. The van der Waals surface area contributed by atoms with Crippen LogP contribution in [0.5, 0.6) is 0 Å². The lowest BCUT2D eigenvalue weighted by Gasteiger charge is -2.11. The third kappa shape index (κ3) is 2.40. The zero-order chi connectivity index (χ0) is 11.5. The van der Waals surface area contributed by atoms with E-state index in [1.807, 2.05) is 6.08 Å². The highest BCUT2D eigenvalue weighted by Crippen LogP contribution is 2.23. The van der Waals surface area contributed by atoms with Crippen LogP contribution in [0.2, 0.25) is 0 Å². The first kappa shape index (κ1) is 11.5. The Morgan fingerprint density at radius 1 is 1.31 bits per heavy atom. The summed E-state index contributed by atoms with van der Waals surface area (Å²) in [7, 11) is 0. The SMILES string of the molecule is O=C(C1=CCCCC1)c1ccc(F)c(Br)c1. The first-order chi connectivity index (χ1) is 7.68. The van der Waals surface area contributed by atoms with Crippen LogP contribution >= 0.6 is 15.9 Å². The highest BCUT2D eigenvalue weighted by atomic mass is 79.9. The summed E-state index contributed by atoms with van der Waals surface area (Å²) >= 11 is 3.09. The van der Waals surface area contributed by atoms with Crippen LogP contribution in [0.25, 0.3) is 0 Å². The number of ketones is 1. The summed E-state index contributed by atoms with van der Waals surface area (Å²) < 4.78 is 13.4. The first-order valence-corrected chi connectivity index (χ1v) is 6.16. The van der Waals surface area contributed by atoms with Crippen molar-refractivity contribution in [2.75, 3.05) is 0 Å². The Labute approximate surface area is 102 Å². The van der Waals surface area contributed by atoms with Gasteiger partial charge in [0.25, 0.3) is 0 Å². The minimum Gasteiger partial charge on any atom is -0.289 e.